The number of piperidine rings is 1. The highest BCUT2D eigenvalue weighted by atomic mass is 16.5. The molecule has 25 heavy (non-hydrogen) atoms. The minimum absolute atomic E-state index is 0.583. The number of aryl methyl sites for hydroxylation is 1. The molecule has 2 heterocycles. The predicted octanol–water partition coefficient (Wildman–Crippen LogP) is 2.53. The van der Waals surface area contributed by atoms with Crippen molar-refractivity contribution in [1.29, 1.82) is 0 Å². The Morgan fingerprint density at radius 3 is 2.80 bits per heavy atom. The lowest BCUT2D eigenvalue weighted by molar-refractivity contribution is 0.110. The van der Waals surface area contributed by atoms with Gasteiger partial charge >= 0.3 is 0 Å². The molecule has 2 aromatic rings. The van der Waals surface area contributed by atoms with E-state index in [-0.39, 0.29) is 0 Å². The summed E-state index contributed by atoms with van der Waals surface area (Å²) in [6.45, 7) is 5.85. The molecule has 6 nitrogen and oxygen atoms in total. The van der Waals surface area contributed by atoms with E-state index in [4.69, 9.17) is 9.26 Å². The van der Waals surface area contributed by atoms with Gasteiger partial charge in [-0.3, -0.25) is 4.90 Å². The minimum Gasteiger partial charge on any atom is -0.497 e. The predicted molar refractivity (Wildman–Crippen MR) is 96.7 cm³/mol. The van der Waals surface area contributed by atoms with E-state index in [0.717, 1.165) is 44.2 Å². The Morgan fingerprint density at radius 1 is 1.32 bits per heavy atom. The van der Waals surface area contributed by atoms with Crippen LogP contribution in [-0.4, -0.2) is 59.8 Å². The number of rotatable bonds is 7. The van der Waals surface area contributed by atoms with Crippen molar-refractivity contribution in [3.8, 4) is 5.75 Å². The number of likely N-dealkylation sites (tertiary alicyclic amines) is 1. The summed E-state index contributed by atoms with van der Waals surface area (Å²) >= 11 is 0. The molecule has 0 spiro atoms. The molecule has 136 valence electrons. The van der Waals surface area contributed by atoms with Gasteiger partial charge < -0.3 is 14.2 Å². The van der Waals surface area contributed by atoms with Crippen LogP contribution in [0.4, 0.5) is 0 Å². The van der Waals surface area contributed by atoms with Crippen LogP contribution in [-0.2, 0) is 13.0 Å². The summed E-state index contributed by atoms with van der Waals surface area (Å²) in [6.07, 6.45) is 3.52. The quantitative estimate of drug-likeness (QED) is 0.769. The highest BCUT2D eigenvalue weighted by Gasteiger charge is 2.24. The minimum atomic E-state index is 0.583. The third-order valence-electron chi connectivity index (χ3n) is 4.95. The van der Waals surface area contributed by atoms with E-state index in [2.05, 4.69) is 39.1 Å². The summed E-state index contributed by atoms with van der Waals surface area (Å²) in [4.78, 5) is 9.24. The van der Waals surface area contributed by atoms with Crippen molar-refractivity contribution in [3.05, 3.63) is 41.5 Å². The fourth-order valence-electron chi connectivity index (χ4n) is 3.42. The summed E-state index contributed by atoms with van der Waals surface area (Å²) in [5.74, 6) is 2.34. The maximum Gasteiger partial charge on any atom is 0.223 e. The summed E-state index contributed by atoms with van der Waals surface area (Å²) in [7, 11) is 3.93. The van der Waals surface area contributed by atoms with E-state index in [0.29, 0.717) is 11.9 Å². The topological polar surface area (TPSA) is 54.6 Å². The van der Waals surface area contributed by atoms with Gasteiger partial charge in [-0.25, -0.2) is 0 Å². The second-order valence-electron chi connectivity index (χ2n) is 6.84. The van der Waals surface area contributed by atoms with E-state index in [1.54, 1.807) is 7.11 Å². The normalized spacial score (nSPS) is 18.6. The molecule has 1 saturated heterocycles. The third-order valence-corrected chi connectivity index (χ3v) is 4.95. The Hall–Kier alpha value is -1.92. The molecule has 0 amide bonds. The molecular weight excluding hydrogens is 316 g/mol. The second kappa shape index (κ2) is 8.45. The van der Waals surface area contributed by atoms with Gasteiger partial charge in [0.15, 0.2) is 5.82 Å². The zero-order chi connectivity index (χ0) is 17.6. The van der Waals surface area contributed by atoms with Crippen molar-refractivity contribution >= 4 is 0 Å². The summed E-state index contributed by atoms with van der Waals surface area (Å²) in [5, 5.41) is 4.02. The van der Waals surface area contributed by atoms with Gasteiger partial charge in [-0.15, -0.1) is 0 Å². The zero-order valence-corrected chi connectivity index (χ0v) is 15.4. The van der Waals surface area contributed by atoms with Gasteiger partial charge in [0.1, 0.15) is 5.75 Å². The van der Waals surface area contributed by atoms with Crippen molar-refractivity contribution in [1.82, 2.24) is 19.9 Å². The van der Waals surface area contributed by atoms with Crippen LogP contribution in [0.5, 0.6) is 5.75 Å². The number of benzene rings is 1. The molecule has 0 aliphatic carbocycles. The number of hydrogen-bond acceptors (Lipinski definition) is 6. The van der Waals surface area contributed by atoms with E-state index in [1.165, 1.54) is 18.4 Å². The van der Waals surface area contributed by atoms with E-state index in [1.807, 2.05) is 19.1 Å². The van der Waals surface area contributed by atoms with Gasteiger partial charge in [0.05, 0.1) is 13.7 Å². The van der Waals surface area contributed by atoms with Crippen LogP contribution in [0.2, 0.25) is 0 Å². The SMILES string of the molecule is COc1ccc(CCN(C)[C@H]2CCCN(Cc3noc(C)n3)C2)cc1. The lowest BCUT2D eigenvalue weighted by Gasteiger charge is -2.37. The lowest BCUT2D eigenvalue weighted by atomic mass is 10.0. The first-order valence-electron chi connectivity index (χ1n) is 8.99. The van der Waals surface area contributed by atoms with Crippen LogP contribution < -0.4 is 4.74 Å². The smallest absolute Gasteiger partial charge is 0.223 e. The average molecular weight is 344 g/mol. The van der Waals surface area contributed by atoms with Crippen molar-refractivity contribution in [3.63, 3.8) is 0 Å². The van der Waals surface area contributed by atoms with Crippen LogP contribution in [0.1, 0.15) is 30.1 Å². The third kappa shape index (κ3) is 5.03. The van der Waals surface area contributed by atoms with Crippen LogP contribution in [0.15, 0.2) is 28.8 Å². The zero-order valence-electron chi connectivity index (χ0n) is 15.4. The molecule has 0 N–H and O–H groups in total. The lowest BCUT2D eigenvalue weighted by Crippen LogP contribution is -2.46. The monoisotopic (exact) mass is 344 g/mol. The molecule has 3 rings (SSSR count). The van der Waals surface area contributed by atoms with Crippen molar-refractivity contribution in [2.24, 2.45) is 0 Å². The molecule has 0 bridgehead atoms. The molecular formula is C19H28N4O2. The number of methoxy groups -OCH3 is 1. The summed E-state index contributed by atoms with van der Waals surface area (Å²) in [5.41, 5.74) is 1.35. The fourth-order valence-corrected chi connectivity index (χ4v) is 3.42. The van der Waals surface area contributed by atoms with Crippen LogP contribution >= 0.6 is 0 Å². The van der Waals surface area contributed by atoms with Gasteiger partial charge in [0.25, 0.3) is 0 Å². The molecule has 0 saturated carbocycles. The van der Waals surface area contributed by atoms with Crippen LogP contribution in [0, 0.1) is 6.92 Å². The van der Waals surface area contributed by atoms with E-state index >= 15 is 0 Å². The van der Waals surface area contributed by atoms with Gasteiger partial charge in [-0.1, -0.05) is 17.3 Å². The molecule has 1 atom stereocenters. The molecule has 1 aromatic heterocycles. The Bertz CT molecular complexity index is 656. The molecule has 1 aromatic carbocycles. The molecule has 1 aliphatic heterocycles. The van der Waals surface area contributed by atoms with Crippen molar-refractivity contribution in [2.45, 2.75) is 38.8 Å². The Morgan fingerprint density at radius 2 is 2.12 bits per heavy atom. The summed E-state index contributed by atoms with van der Waals surface area (Å²) in [6, 6.07) is 8.95. The van der Waals surface area contributed by atoms with E-state index in [9.17, 15) is 0 Å². The molecule has 1 fully saturated rings. The Labute approximate surface area is 149 Å². The van der Waals surface area contributed by atoms with Gasteiger partial charge in [0, 0.05) is 26.1 Å². The standard InChI is InChI=1S/C19H28N4O2/c1-15-20-19(21-25-15)14-23-11-4-5-17(13-23)22(2)12-10-16-6-8-18(24-3)9-7-16/h6-9,17H,4-5,10-14H2,1-3H3/t17-/m0/s1. The maximum atomic E-state index is 5.22. The van der Waals surface area contributed by atoms with Crippen LogP contribution in [0.25, 0.3) is 0 Å². The maximum absolute atomic E-state index is 5.22. The summed E-state index contributed by atoms with van der Waals surface area (Å²) < 4.78 is 10.3. The second-order valence-corrected chi connectivity index (χ2v) is 6.84. The highest BCUT2D eigenvalue weighted by molar-refractivity contribution is 5.27. The number of ether oxygens (including phenoxy) is 1. The largest absolute Gasteiger partial charge is 0.497 e. The van der Waals surface area contributed by atoms with Crippen molar-refractivity contribution < 1.29 is 9.26 Å². The fraction of sp³-hybridized carbons (Fsp3) is 0.579. The highest BCUT2D eigenvalue weighted by Crippen LogP contribution is 2.18. The number of likely N-dealkylation sites (N-methyl/N-ethyl adjacent to an activating group) is 1. The van der Waals surface area contributed by atoms with Crippen molar-refractivity contribution in [2.75, 3.05) is 33.8 Å². The number of hydrogen-bond donors (Lipinski definition) is 0. The first kappa shape index (κ1) is 17.9. The first-order chi connectivity index (χ1) is 12.1. The van der Waals surface area contributed by atoms with Gasteiger partial charge in [-0.05, 0) is 50.6 Å². The first-order valence-corrected chi connectivity index (χ1v) is 8.99. The number of nitrogens with zero attached hydrogens (tertiary/aromatic N) is 4. The Balaban J connectivity index is 1.48. The van der Waals surface area contributed by atoms with Crippen LogP contribution in [0.3, 0.4) is 0 Å². The molecule has 6 heteroatoms. The molecule has 0 radical (unpaired) electrons. The Kier molecular flexibility index (Phi) is 6.04. The van der Waals surface area contributed by atoms with Gasteiger partial charge in [-0.2, -0.15) is 4.98 Å². The van der Waals surface area contributed by atoms with E-state index < -0.39 is 0 Å². The van der Waals surface area contributed by atoms with Gasteiger partial charge in [0.2, 0.25) is 5.89 Å². The average Bonchev–Trinajstić information content (AvgIpc) is 3.05. The number of aromatic nitrogens is 2. The molecule has 0 unspecified atom stereocenters. The molecule has 1 aliphatic rings.